The average Bonchev–Trinajstić information content (AvgIpc) is 3.00. The van der Waals surface area contributed by atoms with Gasteiger partial charge in [-0.05, 0) is 17.0 Å². The summed E-state index contributed by atoms with van der Waals surface area (Å²) in [5, 5.41) is 4.96. The van der Waals surface area contributed by atoms with Crippen LogP contribution in [0, 0.1) is 0 Å². The molecule has 0 saturated heterocycles. The first kappa shape index (κ1) is 15.7. The summed E-state index contributed by atoms with van der Waals surface area (Å²) in [5.41, 5.74) is 6.83. The zero-order valence-corrected chi connectivity index (χ0v) is 12.8. The van der Waals surface area contributed by atoms with Crippen molar-refractivity contribution in [3.63, 3.8) is 0 Å². The monoisotopic (exact) mass is 303 g/mol. The fourth-order valence-corrected chi connectivity index (χ4v) is 2.74. The minimum Gasteiger partial charge on any atom is -0.350 e. The first-order valence-corrected chi connectivity index (χ1v) is 7.91. The summed E-state index contributed by atoms with van der Waals surface area (Å²) in [5.74, 6) is 0.0350. The number of nitrogens with zero attached hydrogens (tertiary/aromatic N) is 1. The largest absolute Gasteiger partial charge is 0.350 e. The number of hydrogen-bond donors (Lipinski definition) is 2. The van der Waals surface area contributed by atoms with Crippen molar-refractivity contribution in [2.45, 2.75) is 13.1 Å². The molecule has 0 aliphatic rings. The number of nitrogens with one attached hydrogen (secondary N) is 1. The van der Waals surface area contributed by atoms with Crippen LogP contribution in [0.15, 0.2) is 47.8 Å². The minimum absolute atomic E-state index is 0.0350. The average molecular weight is 303 g/mol. The molecule has 0 radical (unpaired) electrons. The molecule has 21 heavy (non-hydrogen) atoms. The lowest BCUT2D eigenvalue weighted by atomic mass is 10.2. The molecule has 0 fully saturated rings. The molecule has 0 spiro atoms. The molecular weight excluding hydrogens is 282 g/mol. The van der Waals surface area contributed by atoms with Gasteiger partial charge in [-0.2, -0.15) is 0 Å². The SMILES string of the molecule is NCCN(CC(=O)NCc1cccs1)Cc1ccccc1. The van der Waals surface area contributed by atoms with Crippen LogP contribution in [0.25, 0.3) is 0 Å². The van der Waals surface area contributed by atoms with Crippen molar-refractivity contribution in [2.24, 2.45) is 5.73 Å². The third-order valence-electron chi connectivity index (χ3n) is 3.10. The Kier molecular flexibility index (Phi) is 6.40. The molecule has 2 rings (SSSR count). The van der Waals surface area contributed by atoms with Crippen LogP contribution in [0.4, 0.5) is 0 Å². The maximum atomic E-state index is 12.0. The van der Waals surface area contributed by atoms with Gasteiger partial charge in [0.05, 0.1) is 13.1 Å². The number of thiophene rings is 1. The maximum Gasteiger partial charge on any atom is 0.234 e. The lowest BCUT2D eigenvalue weighted by Crippen LogP contribution is -2.38. The highest BCUT2D eigenvalue weighted by Gasteiger charge is 2.10. The predicted molar refractivity (Wildman–Crippen MR) is 86.9 cm³/mol. The molecule has 0 aliphatic carbocycles. The van der Waals surface area contributed by atoms with Crippen LogP contribution in [0.2, 0.25) is 0 Å². The highest BCUT2D eigenvalue weighted by Crippen LogP contribution is 2.07. The van der Waals surface area contributed by atoms with Gasteiger partial charge < -0.3 is 11.1 Å². The van der Waals surface area contributed by atoms with Crippen LogP contribution < -0.4 is 11.1 Å². The highest BCUT2D eigenvalue weighted by molar-refractivity contribution is 7.09. The van der Waals surface area contributed by atoms with Crippen LogP contribution in [-0.4, -0.2) is 30.4 Å². The van der Waals surface area contributed by atoms with Gasteiger partial charge in [0, 0.05) is 24.5 Å². The molecule has 112 valence electrons. The first-order chi connectivity index (χ1) is 10.3. The van der Waals surface area contributed by atoms with Gasteiger partial charge >= 0.3 is 0 Å². The van der Waals surface area contributed by atoms with Gasteiger partial charge in [-0.15, -0.1) is 11.3 Å². The summed E-state index contributed by atoms with van der Waals surface area (Å²) in [6.45, 7) is 2.96. The summed E-state index contributed by atoms with van der Waals surface area (Å²) in [6.07, 6.45) is 0. The van der Waals surface area contributed by atoms with E-state index in [2.05, 4.69) is 22.3 Å². The van der Waals surface area contributed by atoms with Crippen molar-refractivity contribution in [3.8, 4) is 0 Å². The normalized spacial score (nSPS) is 10.8. The fraction of sp³-hybridized carbons (Fsp3) is 0.312. The number of benzene rings is 1. The molecule has 0 aliphatic heterocycles. The Labute approximate surface area is 129 Å². The third kappa shape index (κ3) is 5.67. The van der Waals surface area contributed by atoms with Crippen molar-refractivity contribution < 1.29 is 4.79 Å². The Bertz CT molecular complexity index is 528. The van der Waals surface area contributed by atoms with Crippen molar-refractivity contribution in [1.29, 1.82) is 0 Å². The molecule has 2 aromatic rings. The number of carbonyl (C=O) groups is 1. The van der Waals surface area contributed by atoms with E-state index in [-0.39, 0.29) is 5.91 Å². The van der Waals surface area contributed by atoms with Gasteiger partial charge in [0.25, 0.3) is 0 Å². The van der Waals surface area contributed by atoms with Crippen molar-refractivity contribution in [2.75, 3.05) is 19.6 Å². The number of carbonyl (C=O) groups excluding carboxylic acids is 1. The standard InChI is InChI=1S/C16H21N3OS/c17-8-9-19(12-14-5-2-1-3-6-14)13-16(20)18-11-15-7-4-10-21-15/h1-7,10H,8-9,11-13,17H2,(H,18,20). The van der Waals surface area contributed by atoms with E-state index in [0.29, 0.717) is 26.2 Å². The number of amides is 1. The van der Waals surface area contributed by atoms with Gasteiger partial charge in [-0.25, -0.2) is 0 Å². The van der Waals surface area contributed by atoms with Gasteiger partial charge in [0.2, 0.25) is 5.91 Å². The Balaban J connectivity index is 1.82. The third-order valence-corrected chi connectivity index (χ3v) is 3.98. The summed E-state index contributed by atoms with van der Waals surface area (Å²) in [4.78, 5) is 15.3. The fourth-order valence-electron chi connectivity index (χ4n) is 2.10. The van der Waals surface area contributed by atoms with E-state index in [1.54, 1.807) is 11.3 Å². The van der Waals surface area contributed by atoms with Crippen LogP contribution in [0.3, 0.4) is 0 Å². The lowest BCUT2D eigenvalue weighted by Gasteiger charge is -2.21. The van der Waals surface area contributed by atoms with Gasteiger partial charge in [0.15, 0.2) is 0 Å². The van der Waals surface area contributed by atoms with Gasteiger partial charge in [-0.3, -0.25) is 9.69 Å². The van der Waals surface area contributed by atoms with Crippen LogP contribution in [0.1, 0.15) is 10.4 Å². The van der Waals surface area contributed by atoms with E-state index in [1.807, 2.05) is 35.7 Å². The molecule has 3 N–H and O–H groups in total. The van der Waals surface area contributed by atoms with E-state index in [9.17, 15) is 4.79 Å². The topological polar surface area (TPSA) is 58.4 Å². The molecule has 0 unspecified atom stereocenters. The minimum atomic E-state index is 0.0350. The zero-order valence-electron chi connectivity index (χ0n) is 12.0. The van der Waals surface area contributed by atoms with Crippen molar-refractivity contribution in [1.82, 2.24) is 10.2 Å². The smallest absolute Gasteiger partial charge is 0.234 e. The van der Waals surface area contributed by atoms with Crippen molar-refractivity contribution in [3.05, 3.63) is 58.3 Å². The Morgan fingerprint density at radius 1 is 1.19 bits per heavy atom. The van der Waals surface area contributed by atoms with E-state index < -0.39 is 0 Å². The molecule has 4 nitrogen and oxygen atoms in total. The van der Waals surface area contributed by atoms with Crippen LogP contribution in [-0.2, 0) is 17.9 Å². The van der Waals surface area contributed by atoms with E-state index in [1.165, 1.54) is 5.56 Å². The number of rotatable bonds is 8. The molecule has 0 saturated carbocycles. The van der Waals surface area contributed by atoms with E-state index >= 15 is 0 Å². The molecule has 1 amide bonds. The molecule has 5 heteroatoms. The molecular formula is C16H21N3OS. The molecule has 1 heterocycles. The number of nitrogens with two attached hydrogens (primary N) is 1. The second kappa shape index (κ2) is 8.56. The van der Waals surface area contributed by atoms with E-state index in [4.69, 9.17) is 5.73 Å². The predicted octanol–water partition coefficient (Wildman–Crippen LogP) is 1.83. The summed E-state index contributed by atoms with van der Waals surface area (Å²) in [6, 6.07) is 14.1. The Morgan fingerprint density at radius 2 is 2.00 bits per heavy atom. The zero-order chi connectivity index (χ0) is 14.9. The highest BCUT2D eigenvalue weighted by atomic mass is 32.1. The van der Waals surface area contributed by atoms with Crippen LogP contribution >= 0.6 is 11.3 Å². The summed E-state index contributed by atoms with van der Waals surface area (Å²) in [7, 11) is 0. The van der Waals surface area contributed by atoms with E-state index in [0.717, 1.165) is 11.4 Å². The Hall–Kier alpha value is -1.69. The second-order valence-electron chi connectivity index (χ2n) is 4.84. The lowest BCUT2D eigenvalue weighted by molar-refractivity contribution is -0.122. The molecule has 0 atom stereocenters. The second-order valence-corrected chi connectivity index (χ2v) is 5.87. The molecule has 0 bridgehead atoms. The van der Waals surface area contributed by atoms with Crippen LogP contribution in [0.5, 0.6) is 0 Å². The first-order valence-electron chi connectivity index (χ1n) is 7.03. The molecule has 1 aromatic carbocycles. The molecule has 1 aromatic heterocycles. The Morgan fingerprint density at radius 3 is 2.67 bits per heavy atom. The summed E-state index contributed by atoms with van der Waals surface area (Å²) >= 11 is 1.65. The summed E-state index contributed by atoms with van der Waals surface area (Å²) < 4.78 is 0. The quantitative estimate of drug-likeness (QED) is 0.782. The van der Waals surface area contributed by atoms with Crippen molar-refractivity contribution >= 4 is 17.2 Å². The van der Waals surface area contributed by atoms with Gasteiger partial charge in [-0.1, -0.05) is 36.4 Å². The van der Waals surface area contributed by atoms with Gasteiger partial charge in [0.1, 0.15) is 0 Å². The number of hydrogen-bond acceptors (Lipinski definition) is 4. The maximum absolute atomic E-state index is 12.0.